The summed E-state index contributed by atoms with van der Waals surface area (Å²) in [5.41, 5.74) is 2.17. The van der Waals surface area contributed by atoms with Crippen LogP contribution in [-0.4, -0.2) is 21.9 Å². The van der Waals surface area contributed by atoms with Crippen molar-refractivity contribution in [3.8, 4) is 17.3 Å². The summed E-state index contributed by atoms with van der Waals surface area (Å²) in [6.07, 6.45) is 11.5. The van der Waals surface area contributed by atoms with Crippen LogP contribution in [0.4, 0.5) is 0 Å². The third-order valence-corrected chi connectivity index (χ3v) is 9.80. The number of rotatable bonds is 3. The molecule has 5 heteroatoms. The van der Waals surface area contributed by atoms with Crippen LogP contribution >= 0.6 is 0 Å². The van der Waals surface area contributed by atoms with Crippen LogP contribution in [0.15, 0.2) is 54.4 Å². The van der Waals surface area contributed by atoms with Gasteiger partial charge in [-0.1, -0.05) is 57.5 Å². The van der Waals surface area contributed by atoms with E-state index < -0.39 is 0 Å². The summed E-state index contributed by atoms with van der Waals surface area (Å²) in [4.78, 5) is 22.0. The number of ether oxygens (including phenoxy) is 1. The summed E-state index contributed by atoms with van der Waals surface area (Å²) >= 11 is 0. The van der Waals surface area contributed by atoms with E-state index in [4.69, 9.17) is 4.74 Å². The average molecular weight is 458 g/mol. The Bertz CT molecular complexity index is 1130. The summed E-state index contributed by atoms with van der Waals surface area (Å²) < 4.78 is 6.08. The number of hydrogen-bond acceptors (Lipinski definition) is 4. The minimum absolute atomic E-state index is 0.110. The summed E-state index contributed by atoms with van der Waals surface area (Å²) in [7, 11) is 0. The number of carbonyl (C=O) groups is 1. The number of fused-ring (bicyclic) bond motifs is 5. The van der Waals surface area contributed by atoms with Crippen molar-refractivity contribution in [1.29, 1.82) is 0 Å². The van der Waals surface area contributed by atoms with Gasteiger partial charge < -0.3 is 10.1 Å². The molecular weight excluding hydrogens is 422 g/mol. The van der Waals surface area contributed by atoms with Gasteiger partial charge in [0.15, 0.2) is 5.76 Å². The average Bonchev–Trinajstić information content (AvgIpc) is 3.23. The number of nitrogens with zero attached hydrogens (tertiary/aromatic N) is 2. The van der Waals surface area contributed by atoms with Crippen molar-refractivity contribution in [3.05, 3.63) is 54.4 Å². The number of nitrogens with one attached hydrogen (secondary N) is 1. The van der Waals surface area contributed by atoms with Crippen LogP contribution in [0.2, 0.25) is 0 Å². The lowest BCUT2D eigenvalue weighted by molar-refractivity contribution is -0.128. The van der Waals surface area contributed by atoms with E-state index in [1.807, 2.05) is 36.4 Å². The Morgan fingerprint density at radius 1 is 1.06 bits per heavy atom. The van der Waals surface area contributed by atoms with Crippen LogP contribution in [0.3, 0.4) is 0 Å². The van der Waals surface area contributed by atoms with Gasteiger partial charge in [-0.15, -0.1) is 0 Å². The first-order chi connectivity index (χ1) is 16.4. The molecule has 3 aliphatic carbocycles. The molecule has 34 heavy (non-hydrogen) atoms. The highest BCUT2D eigenvalue weighted by molar-refractivity contribution is 5.93. The summed E-state index contributed by atoms with van der Waals surface area (Å²) in [5, 5.41) is 3.32. The molecule has 0 radical (unpaired) electrons. The SMILES string of the molecule is C[C@H]1C[C@H]2NC(=O)C(Oc3nccc(-c4ccccc4)n3)=C[C@]2(C)[C@H]2CC[C@]3(C)CCC[C@H]3[C@H]12. The van der Waals surface area contributed by atoms with Crippen LogP contribution in [0.1, 0.15) is 59.3 Å². The third-order valence-electron chi connectivity index (χ3n) is 9.80. The van der Waals surface area contributed by atoms with E-state index >= 15 is 0 Å². The minimum Gasteiger partial charge on any atom is -0.419 e. The van der Waals surface area contributed by atoms with Crippen molar-refractivity contribution < 1.29 is 9.53 Å². The van der Waals surface area contributed by atoms with Gasteiger partial charge in [0.2, 0.25) is 0 Å². The van der Waals surface area contributed by atoms with E-state index in [9.17, 15) is 4.79 Å². The number of benzene rings is 1. The van der Waals surface area contributed by atoms with Gasteiger partial charge in [-0.3, -0.25) is 4.79 Å². The van der Waals surface area contributed by atoms with E-state index in [-0.39, 0.29) is 23.4 Å². The molecule has 7 atom stereocenters. The second-order valence-electron chi connectivity index (χ2n) is 11.7. The van der Waals surface area contributed by atoms with Crippen molar-refractivity contribution in [2.45, 2.75) is 65.3 Å². The van der Waals surface area contributed by atoms with Gasteiger partial charge in [-0.2, -0.15) is 4.98 Å². The molecule has 2 aromatic rings. The Balaban J connectivity index is 1.32. The predicted octanol–water partition coefficient (Wildman–Crippen LogP) is 5.78. The zero-order chi connectivity index (χ0) is 23.5. The first-order valence-electron chi connectivity index (χ1n) is 13.0. The summed E-state index contributed by atoms with van der Waals surface area (Å²) in [6.45, 7) is 7.31. The van der Waals surface area contributed by atoms with Crippen molar-refractivity contribution in [2.75, 3.05) is 0 Å². The topological polar surface area (TPSA) is 64.1 Å². The molecule has 0 unspecified atom stereocenters. The predicted molar refractivity (Wildman–Crippen MR) is 132 cm³/mol. The normalized spacial score (nSPS) is 38.7. The Hall–Kier alpha value is -2.69. The zero-order valence-corrected chi connectivity index (χ0v) is 20.5. The maximum Gasteiger partial charge on any atom is 0.322 e. The molecule has 1 aromatic carbocycles. The fourth-order valence-electron chi connectivity index (χ4n) is 8.08. The van der Waals surface area contributed by atoms with E-state index in [1.165, 1.54) is 32.1 Å². The van der Waals surface area contributed by atoms with E-state index in [1.54, 1.807) is 6.20 Å². The first-order valence-corrected chi connectivity index (χ1v) is 13.0. The zero-order valence-electron chi connectivity index (χ0n) is 20.5. The lowest BCUT2D eigenvalue weighted by Crippen LogP contribution is -2.62. The molecule has 1 N–H and O–H groups in total. The summed E-state index contributed by atoms with van der Waals surface area (Å²) in [5.74, 6) is 2.91. The third kappa shape index (κ3) is 3.38. The maximum absolute atomic E-state index is 13.1. The van der Waals surface area contributed by atoms with Crippen LogP contribution < -0.4 is 10.1 Å². The van der Waals surface area contributed by atoms with Crippen molar-refractivity contribution in [1.82, 2.24) is 15.3 Å². The van der Waals surface area contributed by atoms with Gasteiger partial charge >= 0.3 is 6.01 Å². The molecule has 178 valence electrons. The molecule has 0 saturated heterocycles. The Morgan fingerprint density at radius 2 is 1.88 bits per heavy atom. The molecule has 6 rings (SSSR count). The Morgan fingerprint density at radius 3 is 2.71 bits per heavy atom. The standard InChI is InChI=1S/C29H35N3O2/c1-18-16-24-29(3,21-11-14-28(2)13-7-10-20(28)25(18)21)17-23(26(33)32-24)34-27-30-15-12-22(31-27)19-8-5-4-6-9-19/h4-6,8-9,12,15,17-18,20-21,24-25H,7,10-11,13-14,16H2,1-3H3,(H,32,33)/t18-,20-,21-,24+,25-,28-,29+/m0/s1. The van der Waals surface area contributed by atoms with Gasteiger partial charge in [0.1, 0.15) is 0 Å². The minimum atomic E-state index is -0.150. The molecule has 3 fully saturated rings. The van der Waals surface area contributed by atoms with Gasteiger partial charge in [0.05, 0.1) is 5.69 Å². The molecular formula is C29H35N3O2. The van der Waals surface area contributed by atoms with Crippen LogP contribution in [0.25, 0.3) is 11.3 Å². The van der Waals surface area contributed by atoms with E-state index in [0.717, 1.165) is 23.6 Å². The van der Waals surface area contributed by atoms with Gasteiger partial charge in [-0.05, 0) is 73.3 Å². The van der Waals surface area contributed by atoms with Gasteiger partial charge in [0.25, 0.3) is 5.91 Å². The highest BCUT2D eigenvalue weighted by Crippen LogP contribution is 2.64. The molecule has 4 aliphatic rings. The molecule has 1 aromatic heterocycles. The van der Waals surface area contributed by atoms with Crippen LogP contribution in [0.5, 0.6) is 6.01 Å². The molecule has 5 nitrogen and oxygen atoms in total. The second kappa shape index (κ2) is 7.93. The quantitative estimate of drug-likeness (QED) is 0.634. The lowest BCUT2D eigenvalue weighted by atomic mass is 9.46. The monoisotopic (exact) mass is 457 g/mol. The molecule has 1 amide bonds. The lowest BCUT2D eigenvalue weighted by Gasteiger charge is -2.60. The molecule has 1 aliphatic heterocycles. The fraction of sp³-hybridized carbons (Fsp3) is 0.552. The number of carbonyl (C=O) groups excluding carboxylic acids is 1. The number of hydrogen-bond donors (Lipinski definition) is 1. The smallest absolute Gasteiger partial charge is 0.322 e. The Kier molecular flexibility index (Phi) is 5.09. The van der Waals surface area contributed by atoms with Crippen LogP contribution in [0, 0.1) is 34.5 Å². The highest BCUT2D eigenvalue weighted by atomic mass is 16.5. The second-order valence-corrected chi connectivity index (χ2v) is 11.7. The number of aromatic nitrogens is 2. The molecule has 3 saturated carbocycles. The maximum atomic E-state index is 13.1. The van der Waals surface area contributed by atoms with Crippen LogP contribution in [-0.2, 0) is 4.79 Å². The molecule has 0 bridgehead atoms. The Labute approximate surface area is 202 Å². The molecule has 0 spiro atoms. The van der Waals surface area contributed by atoms with Crippen molar-refractivity contribution >= 4 is 5.91 Å². The van der Waals surface area contributed by atoms with Crippen molar-refractivity contribution in [3.63, 3.8) is 0 Å². The van der Waals surface area contributed by atoms with Gasteiger partial charge in [0, 0.05) is 23.2 Å². The van der Waals surface area contributed by atoms with Crippen molar-refractivity contribution in [2.24, 2.45) is 34.5 Å². The number of amides is 1. The van der Waals surface area contributed by atoms with E-state index in [0.29, 0.717) is 28.9 Å². The fourth-order valence-corrected chi connectivity index (χ4v) is 8.08. The van der Waals surface area contributed by atoms with E-state index in [2.05, 4.69) is 42.1 Å². The van der Waals surface area contributed by atoms with Gasteiger partial charge in [-0.25, -0.2) is 4.98 Å². The largest absolute Gasteiger partial charge is 0.419 e. The molecule has 2 heterocycles. The highest BCUT2D eigenvalue weighted by Gasteiger charge is 2.60. The first kappa shape index (κ1) is 21.8. The summed E-state index contributed by atoms with van der Waals surface area (Å²) in [6, 6.07) is 12.2.